The molecule has 0 aliphatic rings. The Kier molecular flexibility index (Phi) is 6.09. The highest BCUT2D eigenvalue weighted by Crippen LogP contribution is 2.14. The Hall–Kier alpha value is -2.21. The maximum Gasteiger partial charge on any atom is 0.218 e. The monoisotopic (exact) mass is 305 g/mol. The maximum absolute atomic E-state index is 12.8. The van der Waals surface area contributed by atoms with E-state index in [0.29, 0.717) is 37.3 Å². The fraction of sp³-hybridized carbons (Fsp3) is 0.375. The van der Waals surface area contributed by atoms with Crippen molar-refractivity contribution in [3.8, 4) is 5.88 Å². The summed E-state index contributed by atoms with van der Waals surface area (Å²) in [5.74, 6) is 1.55. The van der Waals surface area contributed by atoms with Crippen molar-refractivity contribution < 1.29 is 13.9 Å². The van der Waals surface area contributed by atoms with E-state index in [4.69, 9.17) is 9.47 Å². The molecule has 0 radical (unpaired) electrons. The van der Waals surface area contributed by atoms with Crippen LogP contribution in [0.5, 0.6) is 5.88 Å². The molecule has 5 nitrogen and oxygen atoms in total. The summed E-state index contributed by atoms with van der Waals surface area (Å²) in [6.45, 7) is 3.45. The molecule has 0 aliphatic heterocycles. The Morgan fingerprint density at radius 2 is 1.95 bits per heavy atom. The second-order valence-corrected chi connectivity index (χ2v) is 4.68. The number of hydrogen-bond donors (Lipinski definition) is 1. The second-order valence-electron chi connectivity index (χ2n) is 4.68. The number of nitrogens with one attached hydrogen (secondary N) is 1. The van der Waals surface area contributed by atoms with Crippen molar-refractivity contribution in [3.05, 3.63) is 47.5 Å². The standard InChI is InChI=1S/C16H20FN3O2/c1-3-22-16-10-14(19-15(20-16)11-21-2)18-9-8-12-4-6-13(17)7-5-12/h4-7,10H,3,8-9,11H2,1-2H3,(H,18,19,20). The third-order valence-electron chi connectivity index (χ3n) is 2.95. The molecule has 1 N–H and O–H groups in total. The van der Waals surface area contributed by atoms with Crippen LogP contribution in [0.4, 0.5) is 10.2 Å². The zero-order chi connectivity index (χ0) is 15.8. The summed E-state index contributed by atoms with van der Waals surface area (Å²) in [7, 11) is 1.60. The number of aromatic nitrogens is 2. The van der Waals surface area contributed by atoms with Crippen molar-refractivity contribution in [1.29, 1.82) is 0 Å². The quantitative estimate of drug-likeness (QED) is 0.812. The predicted octanol–water partition coefficient (Wildman–Crippen LogP) is 2.82. The van der Waals surface area contributed by atoms with Gasteiger partial charge in [-0.25, -0.2) is 9.37 Å². The minimum Gasteiger partial charge on any atom is -0.478 e. The Morgan fingerprint density at radius 3 is 2.64 bits per heavy atom. The molecule has 6 heteroatoms. The molecule has 1 heterocycles. The van der Waals surface area contributed by atoms with E-state index >= 15 is 0 Å². The molecule has 0 aliphatic carbocycles. The Morgan fingerprint density at radius 1 is 1.18 bits per heavy atom. The van der Waals surface area contributed by atoms with Crippen molar-refractivity contribution in [2.45, 2.75) is 20.0 Å². The zero-order valence-corrected chi connectivity index (χ0v) is 12.8. The van der Waals surface area contributed by atoms with E-state index in [0.717, 1.165) is 12.0 Å². The lowest BCUT2D eigenvalue weighted by molar-refractivity contribution is 0.176. The van der Waals surface area contributed by atoms with E-state index in [1.807, 2.05) is 6.92 Å². The lowest BCUT2D eigenvalue weighted by Gasteiger charge is -2.10. The van der Waals surface area contributed by atoms with Gasteiger partial charge in [-0.15, -0.1) is 0 Å². The Bertz CT molecular complexity index is 566. The van der Waals surface area contributed by atoms with Gasteiger partial charge in [0.1, 0.15) is 18.2 Å². The molecule has 0 saturated carbocycles. The van der Waals surface area contributed by atoms with Crippen molar-refractivity contribution in [2.75, 3.05) is 25.6 Å². The van der Waals surface area contributed by atoms with E-state index in [-0.39, 0.29) is 5.82 Å². The lowest BCUT2D eigenvalue weighted by atomic mass is 10.1. The average molecular weight is 305 g/mol. The average Bonchev–Trinajstić information content (AvgIpc) is 2.50. The summed E-state index contributed by atoms with van der Waals surface area (Å²) in [5.41, 5.74) is 1.06. The zero-order valence-electron chi connectivity index (χ0n) is 12.8. The molecule has 0 fully saturated rings. The highest BCUT2D eigenvalue weighted by atomic mass is 19.1. The summed E-state index contributed by atoms with van der Waals surface area (Å²) >= 11 is 0. The first-order valence-electron chi connectivity index (χ1n) is 7.19. The van der Waals surface area contributed by atoms with E-state index in [2.05, 4.69) is 15.3 Å². The Labute approximate surface area is 129 Å². The van der Waals surface area contributed by atoms with Gasteiger partial charge in [0, 0.05) is 19.7 Å². The number of methoxy groups -OCH3 is 1. The van der Waals surface area contributed by atoms with Gasteiger partial charge in [-0.1, -0.05) is 12.1 Å². The van der Waals surface area contributed by atoms with Gasteiger partial charge in [0.05, 0.1) is 6.61 Å². The van der Waals surface area contributed by atoms with E-state index in [1.165, 1.54) is 12.1 Å². The summed E-state index contributed by atoms with van der Waals surface area (Å²) in [4.78, 5) is 8.61. The van der Waals surface area contributed by atoms with E-state index < -0.39 is 0 Å². The van der Waals surface area contributed by atoms with Crippen LogP contribution in [0.3, 0.4) is 0 Å². The van der Waals surface area contributed by atoms with Gasteiger partial charge in [-0.05, 0) is 31.0 Å². The molecular formula is C16H20FN3O2. The summed E-state index contributed by atoms with van der Waals surface area (Å²) < 4.78 is 23.3. The van der Waals surface area contributed by atoms with Crippen LogP contribution in [-0.4, -0.2) is 30.2 Å². The molecule has 0 amide bonds. The van der Waals surface area contributed by atoms with Crippen molar-refractivity contribution in [3.63, 3.8) is 0 Å². The van der Waals surface area contributed by atoms with Gasteiger partial charge < -0.3 is 14.8 Å². The molecule has 0 saturated heterocycles. The van der Waals surface area contributed by atoms with Gasteiger partial charge >= 0.3 is 0 Å². The largest absolute Gasteiger partial charge is 0.478 e. The summed E-state index contributed by atoms with van der Waals surface area (Å²) in [6, 6.07) is 8.24. The van der Waals surface area contributed by atoms with Crippen LogP contribution >= 0.6 is 0 Å². The van der Waals surface area contributed by atoms with Crippen LogP contribution in [0, 0.1) is 5.82 Å². The van der Waals surface area contributed by atoms with Crippen molar-refractivity contribution in [1.82, 2.24) is 9.97 Å². The number of rotatable bonds is 8. The number of halogens is 1. The van der Waals surface area contributed by atoms with Crippen LogP contribution in [0.25, 0.3) is 0 Å². The minimum atomic E-state index is -0.224. The van der Waals surface area contributed by atoms with Gasteiger partial charge in [-0.3, -0.25) is 0 Å². The van der Waals surface area contributed by atoms with Crippen LogP contribution in [-0.2, 0) is 17.8 Å². The maximum atomic E-state index is 12.8. The second kappa shape index (κ2) is 8.29. The normalized spacial score (nSPS) is 10.5. The first-order valence-corrected chi connectivity index (χ1v) is 7.19. The topological polar surface area (TPSA) is 56.3 Å². The fourth-order valence-corrected chi connectivity index (χ4v) is 1.96. The summed E-state index contributed by atoms with van der Waals surface area (Å²) in [6.07, 6.45) is 0.772. The number of nitrogens with zero attached hydrogens (tertiary/aromatic N) is 2. The van der Waals surface area contributed by atoms with Gasteiger partial charge in [0.2, 0.25) is 5.88 Å². The van der Waals surface area contributed by atoms with Gasteiger partial charge in [-0.2, -0.15) is 4.98 Å². The first kappa shape index (κ1) is 16.2. The minimum absolute atomic E-state index is 0.224. The molecule has 118 valence electrons. The molecule has 2 aromatic rings. The molecule has 0 atom stereocenters. The smallest absolute Gasteiger partial charge is 0.218 e. The number of ether oxygens (including phenoxy) is 2. The Balaban J connectivity index is 1.97. The third kappa shape index (κ3) is 4.96. The molecule has 0 bridgehead atoms. The molecule has 1 aromatic heterocycles. The van der Waals surface area contributed by atoms with Crippen molar-refractivity contribution in [2.24, 2.45) is 0 Å². The molecule has 0 unspecified atom stereocenters. The van der Waals surface area contributed by atoms with E-state index in [9.17, 15) is 4.39 Å². The van der Waals surface area contributed by atoms with Gasteiger partial charge in [0.15, 0.2) is 5.82 Å². The first-order chi connectivity index (χ1) is 10.7. The number of hydrogen-bond acceptors (Lipinski definition) is 5. The van der Waals surface area contributed by atoms with E-state index in [1.54, 1.807) is 25.3 Å². The molecule has 2 rings (SSSR count). The highest BCUT2D eigenvalue weighted by molar-refractivity contribution is 5.38. The molecule has 0 spiro atoms. The third-order valence-corrected chi connectivity index (χ3v) is 2.95. The predicted molar refractivity (Wildman–Crippen MR) is 82.5 cm³/mol. The van der Waals surface area contributed by atoms with Gasteiger partial charge in [0.25, 0.3) is 0 Å². The van der Waals surface area contributed by atoms with Crippen LogP contribution in [0.1, 0.15) is 18.3 Å². The number of benzene rings is 1. The fourth-order valence-electron chi connectivity index (χ4n) is 1.96. The molecular weight excluding hydrogens is 285 g/mol. The van der Waals surface area contributed by atoms with Crippen LogP contribution in [0.2, 0.25) is 0 Å². The molecule has 22 heavy (non-hydrogen) atoms. The van der Waals surface area contributed by atoms with Crippen molar-refractivity contribution >= 4 is 5.82 Å². The summed E-state index contributed by atoms with van der Waals surface area (Å²) in [5, 5.41) is 3.22. The highest BCUT2D eigenvalue weighted by Gasteiger charge is 2.05. The lowest BCUT2D eigenvalue weighted by Crippen LogP contribution is -2.09. The number of anilines is 1. The molecule has 1 aromatic carbocycles. The SMILES string of the molecule is CCOc1cc(NCCc2ccc(F)cc2)nc(COC)n1. The van der Waals surface area contributed by atoms with Crippen LogP contribution < -0.4 is 10.1 Å². The van der Waals surface area contributed by atoms with Crippen LogP contribution in [0.15, 0.2) is 30.3 Å².